The Morgan fingerprint density at radius 1 is 1.31 bits per heavy atom. The minimum absolute atomic E-state index is 0.620. The Kier molecular flexibility index (Phi) is 3.22. The molecule has 16 heavy (non-hydrogen) atoms. The molecule has 0 fully saturated rings. The second kappa shape index (κ2) is 4.64. The summed E-state index contributed by atoms with van der Waals surface area (Å²) in [6.07, 6.45) is 6.84. The standard InChI is InChI=1S/C14H17NO/c1-2-16-14(15)11-7-6-10-13(14)12-8-4-3-5-9-12/h3-10H,2,11,15H2,1H3. The highest BCUT2D eigenvalue weighted by molar-refractivity contribution is 5.74. The minimum atomic E-state index is -0.676. The van der Waals surface area contributed by atoms with E-state index in [0.29, 0.717) is 6.61 Å². The first kappa shape index (κ1) is 11.1. The molecule has 2 N–H and O–H groups in total. The molecule has 0 saturated carbocycles. The highest BCUT2D eigenvalue weighted by Crippen LogP contribution is 2.32. The third kappa shape index (κ3) is 2.08. The third-order valence-electron chi connectivity index (χ3n) is 2.76. The smallest absolute Gasteiger partial charge is 0.146 e. The van der Waals surface area contributed by atoms with Crippen LogP contribution in [0.1, 0.15) is 18.9 Å². The van der Waals surface area contributed by atoms with Crippen LogP contribution in [0.4, 0.5) is 0 Å². The third-order valence-corrected chi connectivity index (χ3v) is 2.76. The molecule has 2 heteroatoms. The molecule has 2 nitrogen and oxygen atoms in total. The van der Waals surface area contributed by atoms with Crippen LogP contribution < -0.4 is 5.73 Å². The lowest BCUT2D eigenvalue weighted by Gasteiger charge is -2.33. The lowest BCUT2D eigenvalue weighted by Crippen LogP contribution is -2.44. The fourth-order valence-electron chi connectivity index (χ4n) is 2.01. The van der Waals surface area contributed by atoms with Gasteiger partial charge in [-0.15, -0.1) is 0 Å². The Labute approximate surface area is 96.4 Å². The highest BCUT2D eigenvalue weighted by atomic mass is 16.5. The molecule has 1 aliphatic carbocycles. The summed E-state index contributed by atoms with van der Waals surface area (Å²) in [5.41, 5.74) is 7.81. The van der Waals surface area contributed by atoms with Crippen LogP contribution in [0.2, 0.25) is 0 Å². The maximum Gasteiger partial charge on any atom is 0.146 e. The Balaban J connectivity index is 2.37. The fourth-order valence-corrected chi connectivity index (χ4v) is 2.01. The van der Waals surface area contributed by atoms with E-state index in [1.54, 1.807) is 0 Å². The van der Waals surface area contributed by atoms with E-state index < -0.39 is 5.72 Å². The zero-order chi connectivity index (χ0) is 11.4. The summed E-state index contributed by atoms with van der Waals surface area (Å²) in [5.74, 6) is 0. The van der Waals surface area contributed by atoms with Crippen LogP contribution in [-0.2, 0) is 4.74 Å². The van der Waals surface area contributed by atoms with Gasteiger partial charge < -0.3 is 4.74 Å². The van der Waals surface area contributed by atoms with Crippen LogP contribution in [0.25, 0.3) is 5.57 Å². The summed E-state index contributed by atoms with van der Waals surface area (Å²) in [6, 6.07) is 10.2. The molecule has 2 rings (SSSR count). The first-order valence-electron chi connectivity index (χ1n) is 5.62. The van der Waals surface area contributed by atoms with Gasteiger partial charge in [-0.1, -0.05) is 48.6 Å². The molecule has 0 bridgehead atoms. The summed E-state index contributed by atoms with van der Waals surface area (Å²) in [7, 11) is 0. The minimum Gasteiger partial charge on any atom is -0.357 e. The van der Waals surface area contributed by atoms with Crippen LogP contribution in [0.3, 0.4) is 0 Å². The molecule has 1 atom stereocenters. The molecule has 0 amide bonds. The molecule has 0 heterocycles. The van der Waals surface area contributed by atoms with E-state index >= 15 is 0 Å². The van der Waals surface area contributed by atoms with Gasteiger partial charge in [0.2, 0.25) is 0 Å². The number of benzene rings is 1. The molecule has 0 spiro atoms. The van der Waals surface area contributed by atoms with Crippen LogP contribution in [0.15, 0.2) is 48.6 Å². The van der Waals surface area contributed by atoms with E-state index in [1.165, 1.54) is 0 Å². The summed E-state index contributed by atoms with van der Waals surface area (Å²) in [6.45, 7) is 2.59. The normalized spacial score (nSPS) is 24.2. The molecule has 0 radical (unpaired) electrons. The molecule has 84 valence electrons. The van der Waals surface area contributed by atoms with E-state index in [4.69, 9.17) is 10.5 Å². The monoisotopic (exact) mass is 215 g/mol. The lowest BCUT2D eigenvalue weighted by molar-refractivity contribution is 0.0140. The van der Waals surface area contributed by atoms with Gasteiger partial charge in [-0.2, -0.15) is 0 Å². The first-order valence-corrected chi connectivity index (χ1v) is 5.62. The summed E-state index contributed by atoms with van der Waals surface area (Å²) in [4.78, 5) is 0. The van der Waals surface area contributed by atoms with E-state index in [9.17, 15) is 0 Å². The molecular weight excluding hydrogens is 198 g/mol. The molecule has 1 aromatic carbocycles. The second-order valence-electron chi connectivity index (χ2n) is 3.90. The number of allylic oxidation sites excluding steroid dienone is 2. The van der Waals surface area contributed by atoms with Crippen molar-refractivity contribution in [3.63, 3.8) is 0 Å². The van der Waals surface area contributed by atoms with Crippen molar-refractivity contribution in [2.75, 3.05) is 6.61 Å². The molecule has 1 aliphatic rings. The predicted octanol–water partition coefficient (Wildman–Crippen LogP) is 2.72. The largest absolute Gasteiger partial charge is 0.357 e. The highest BCUT2D eigenvalue weighted by Gasteiger charge is 2.31. The van der Waals surface area contributed by atoms with Crippen LogP contribution >= 0.6 is 0 Å². The van der Waals surface area contributed by atoms with Crippen LogP contribution in [-0.4, -0.2) is 12.3 Å². The van der Waals surface area contributed by atoms with Gasteiger partial charge in [0, 0.05) is 18.6 Å². The van der Waals surface area contributed by atoms with E-state index in [-0.39, 0.29) is 0 Å². The van der Waals surface area contributed by atoms with Gasteiger partial charge in [0.15, 0.2) is 0 Å². The van der Waals surface area contributed by atoms with Crippen LogP contribution in [0, 0.1) is 0 Å². The number of rotatable bonds is 3. The van der Waals surface area contributed by atoms with Crippen molar-refractivity contribution in [3.8, 4) is 0 Å². The van der Waals surface area contributed by atoms with Gasteiger partial charge in [-0.05, 0) is 12.5 Å². The van der Waals surface area contributed by atoms with Gasteiger partial charge in [-0.3, -0.25) is 5.73 Å². The van der Waals surface area contributed by atoms with E-state index in [0.717, 1.165) is 17.6 Å². The summed E-state index contributed by atoms with van der Waals surface area (Å²) >= 11 is 0. The van der Waals surface area contributed by atoms with Gasteiger partial charge >= 0.3 is 0 Å². The predicted molar refractivity (Wildman–Crippen MR) is 66.7 cm³/mol. The van der Waals surface area contributed by atoms with Crippen molar-refractivity contribution in [1.82, 2.24) is 0 Å². The Morgan fingerprint density at radius 3 is 2.75 bits per heavy atom. The van der Waals surface area contributed by atoms with Crippen LogP contribution in [0.5, 0.6) is 0 Å². The molecule has 1 unspecified atom stereocenters. The summed E-state index contributed by atoms with van der Waals surface area (Å²) in [5, 5.41) is 0. The van der Waals surface area contributed by atoms with Crippen molar-refractivity contribution in [2.45, 2.75) is 19.1 Å². The Bertz CT molecular complexity index is 408. The number of ether oxygens (including phenoxy) is 1. The van der Waals surface area contributed by atoms with E-state index in [1.807, 2.05) is 43.4 Å². The molecule has 0 saturated heterocycles. The lowest BCUT2D eigenvalue weighted by atomic mass is 9.89. The molecular formula is C14H17NO. The zero-order valence-corrected chi connectivity index (χ0v) is 9.52. The molecule has 0 aromatic heterocycles. The topological polar surface area (TPSA) is 35.2 Å². The van der Waals surface area contributed by atoms with Crippen molar-refractivity contribution in [3.05, 3.63) is 54.1 Å². The Hall–Kier alpha value is -1.38. The molecule has 1 aromatic rings. The van der Waals surface area contributed by atoms with Gasteiger partial charge in [-0.25, -0.2) is 0 Å². The SMILES string of the molecule is CCOC1(N)CC=CC=C1c1ccccc1. The van der Waals surface area contributed by atoms with Crippen molar-refractivity contribution in [2.24, 2.45) is 5.73 Å². The Morgan fingerprint density at radius 2 is 2.06 bits per heavy atom. The quantitative estimate of drug-likeness (QED) is 0.787. The first-order chi connectivity index (χ1) is 7.76. The number of nitrogens with two attached hydrogens (primary N) is 1. The average molecular weight is 215 g/mol. The van der Waals surface area contributed by atoms with Gasteiger partial charge in [0.25, 0.3) is 0 Å². The number of hydrogen-bond acceptors (Lipinski definition) is 2. The van der Waals surface area contributed by atoms with E-state index in [2.05, 4.69) is 12.1 Å². The second-order valence-corrected chi connectivity index (χ2v) is 3.90. The number of hydrogen-bond donors (Lipinski definition) is 1. The van der Waals surface area contributed by atoms with Gasteiger partial charge in [0.1, 0.15) is 5.72 Å². The van der Waals surface area contributed by atoms with Gasteiger partial charge in [0.05, 0.1) is 0 Å². The maximum atomic E-state index is 6.30. The van der Waals surface area contributed by atoms with Crippen molar-refractivity contribution >= 4 is 5.57 Å². The average Bonchev–Trinajstić information content (AvgIpc) is 2.31. The summed E-state index contributed by atoms with van der Waals surface area (Å²) < 4.78 is 5.70. The fraction of sp³-hybridized carbons (Fsp3) is 0.286. The zero-order valence-electron chi connectivity index (χ0n) is 9.52. The van der Waals surface area contributed by atoms with Crippen molar-refractivity contribution in [1.29, 1.82) is 0 Å². The molecule has 0 aliphatic heterocycles. The maximum absolute atomic E-state index is 6.30. The van der Waals surface area contributed by atoms with Crippen molar-refractivity contribution < 1.29 is 4.74 Å².